The lowest BCUT2D eigenvalue weighted by Crippen LogP contribution is -2.49. The van der Waals surface area contributed by atoms with Gasteiger partial charge in [0.15, 0.2) is 0 Å². The summed E-state index contributed by atoms with van der Waals surface area (Å²) in [5.41, 5.74) is 0. The number of nitrogens with zero attached hydrogens (tertiary/aromatic N) is 1. The highest BCUT2D eigenvalue weighted by Crippen LogP contribution is 2.26. The number of hydrogen-bond donors (Lipinski definition) is 3. The Morgan fingerprint density at radius 3 is 2.61 bits per heavy atom. The molecule has 2 aliphatic rings. The van der Waals surface area contributed by atoms with E-state index in [-0.39, 0.29) is 25.0 Å². The minimum Gasteiger partial charge on any atom is -0.480 e. The molecule has 0 aromatic carbocycles. The van der Waals surface area contributed by atoms with Gasteiger partial charge in [-0.1, -0.05) is 13.3 Å². The number of β-amino-alcohol motifs (C(OH)–C–C–N with tert-alkyl or cyclic N) is 1. The number of likely N-dealkylation sites (tertiary alicyclic amines) is 1. The van der Waals surface area contributed by atoms with Crippen LogP contribution in [-0.2, 0) is 4.79 Å². The smallest absolute Gasteiger partial charge is 0.326 e. The Morgan fingerprint density at radius 2 is 2.06 bits per heavy atom. The molecule has 2 rings (SSSR count). The second-order valence-electron chi connectivity index (χ2n) is 5.36. The van der Waals surface area contributed by atoms with Crippen LogP contribution in [0.25, 0.3) is 0 Å². The predicted molar refractivity (Wildman–Crippen MR) is 64.1 cm³/mol. The molecule has 6 heteroatoms. The third kappa shape index (κ3) is 2.58. The topological polar surface area (TPSA) is 89.9 Å². The maximum absolute atomic E-state index is 12.0. The van der Waals surface area contributed by atoms with Crippen molar-refractivity contribution in [3.8, 4) is 0 Å². The summed E-state index contributed by atoms with van der Waals surface area (Å²) in [4.78, 5) is 24.3. The van der Waals surface area contributed by atoms with Gasteiger partial charge in [-0.25, -0.2) is 9.59 Å². The monoisotopic (exact) mass is 256 g/mol. The summed E-state index contributed by atoms with van der Waals surface area (Å²) in [7, 11) is 0. The van der Waals surface area contributed by atoms with Crippen molar-refractivity contribution in [2.45, 2.75) is 50.8 Å². The molecule has 3 N–H and O–H groups in total. The van der Waals surface area contributed by atoms with Crippen molar-refractivity contribution in [2.75, 3.05) is 6.54 Å². The summed E-state index contributed by atoms with van der Waals surface area (Å²) in [5, 5.41) is 21.4. The van der Waals surface area contributed by atoms with Crippen LogP contribution < -0.4 is 5.32 Å². The standard InChI is InChI=1S/C12H20N2O4/c1-7-3-2-4-9(7)13-12(18)14-6-8(15)5-10(14)11(16)17/h7-10,15H,2-6H2,1H3,(H,13,18)(H,16,17)/t7?,8-,9?,10+/m1/s1. The van der Waals surface area contributed by atoms with Gasteiger partial charge in [-0.05, 0) is 18.8 Å². The highest BCUT2D eigenvalue weighted by molar-refractivity contribution is 5.83. The lowest BCUT2D eigenvalue weighted by molar-refractivity contribution is -0.141. The Bertz CT molecular complexity index is 347. The largest absolute Gasteiger partial charge is 0.480 e. The Balaban J connectivity index is 1.97. The molecule has 0 radical (unpaired) electrons. The van der Waals surface area contributed by atoms with Crippen molar-refractivity contribution in [2.24, 2.45) is 5.92 Å². The Hall–Kier alpha value is -1.30. The van der Waals surface area contributed by atoms with Crippen molar-refractivity contribution < 1.29 is 19.8 Å². The summed E-state index contributed by atoms with van der Waals surface area (Å²) in [6, 6.07) is -1.14. The van der Waals surface area contributed by atoms with Crippen LogP contribution in [0, 0.1) is 5.92 Å². The van der Waals surface area contributed by atoms with Gasteiger partial charge in [0.1, 0.15) is 6.04 Å². The highest BCUT2D eigenvalue weighted by atomic mass is 16.4. The van der Waals surface area contributed by atoms with E-state index in [1.165, 1.54) is 4.90 Å². The first-order chi connectivity index (χ1) is 8.49. The van der Waals surface area contributed by atoms with Crippen molar-refractivity contribution in [3.05, 3.63) is 0 Å². The first-order valence-electron chi connectivity index (χ1n) is 6.47. The maximum Gasteiger partial charge on any atom is 0.326 e. The lowest BCUT2D eigenvalue weighted by Gasteiger charge is -2.25. The van der Waals surface area contributed by atoms with Gasteiger partial charge in [-0.15, -0.1) is 0 Å². The molecule has 102 valence electrons. The number of carbonyl (C=O) groups excluding carboxylic acids is 1. The summed E-state index contributed by atoms with van der Waals surface area (Å²) in [6.45, 7) is 2.19. The molecule has 1 heterocycles. The molecule has 18 heavy (non-hydrogen) atoms. The zero-order valence-electron chi connectivity index (χ0n) is 10.5. The van der Waals surface area contributed by atoms with Crippen LogP contribution >= 0.6 is 0 Å². The molecule has 2 unspecified atom stereocenters. The maximum atomic E-state index is 12.0. The third-order valence-corrected chi connectivity index (χ3v) is 4.00. The molecule has 1 aliphatic heterocycles. The predicted octanol–water partition coefficient (Wildman–Crippen LogP) is 0.404. The summed E-state index contributed by atoms with van der Waals surface area (Å²) in [5.74, 6) is -0.620. The van der Waals surface area contributed by atoms with Crippen LogP contribution in [0.1, 0.15) is 32.6 Å². The van der Waals surface area contributed by atoms with Crippen LogP contribution in [0.2, 0.25) is 0 Å². The van der Waals surface area contributed by atoms with Gasteiger partial charge in [-0.2, -0.15) is 0 Å². The third-order valence-electron chi connectivity index (χ3n) is 4.00. The van der Waals surface area contributed by atoms with Gasteiger partial charge >= 0.3 is 12.0 Å². The molecule has 6 nitrogen and oxygen atoms in total. The van der Waals surface area contributed by atoms with Gasteiger partial charge in [0.2, 0.25) is 0 Å². The Kier molecular flexibility index (Phi) is 3.75. The average Bonchev–Trinajstić information content (AvgIpc) is 2.86. The van der Waals surface area contributed by atoms with Gasteiger partial charge in [0, 0.05) is 19.0 Å². The fraction of sp³-hybridized carbons (Fsp3) is 0.833. The number of aliphatic hydroxyl groups excluding tert-OH is 1. The molecule has 2 amide bonds. The highest BCUT2D eigenvalue weighted by Gasteiger charge is 2.40. The van der Waals surface area contributed by atoms with Crippen molar-refractivity contribution >= 4 is 12.0 Å². The average molecular weight is 256 g/mol. The first-order valence-corrected chi connectivity index (χ1v) is 6.47. The molecular formula is C12H20N2O4. The molecule has 2 fully saturated rings. The molecule has 1 saturated carbocycles. The number of aliphatic carboxylic acids is 1. The Labute approximate surface area is 106 Å². The van der Waals surface area contributed by atoms with E-state index >= 15 is 0 Å². The number of rotatable bonds is 2. The second kappa shape index (κ2) is 5.14. The van der Waals surface area contributed by atoms with Crippen LogP contribution in [0.4, 0.5) is 4.79 Å². The van der Waals surface area contributed by atoms with Crippen LogP contribution in [-0.4, -0.2) is 51.8 Å². The van der Waals surface area contributed by atoms with Crippen molar-refractivity contribution in [3.63, 3.8) is 0 Å². The number of hydrogen-bond acceptors (Lipinski definition) is 3. The minimum absolute atomic E-state index is 0.101. The molecule has 0 aromatic heterocycles. The molecule has 1 aliphatic carbocycles. The SMILES string of the molecule is CC1CCCC1NC(=O)N1C[C@H](O)C[C@H]1C(=O)O. The molecule has 1 saturated heterocycles. The molecule has 0 bridgehead atoms. The van der Waals surface area contributed by atoms with Crippen LogP contribution in [0.5, 0.6) is 0 Å². The fourth-order valence-electron chi connectivity index (χ4n) is 2.87. The second-order valence-corrected chi connectivity index (χ2v) is 5.36. The first kappa shape index (κ1) is 13.1. The van der Waals surface area contributed by atoms with Crippen LogP contribution in [0.15, 0.2) is 0 Å². The minimum atomic E-state index is -1.05. The van der Waals surface area contributed by atoms with E-state index in [0.717, 1.165) is 19.3 Å². The van der Waals surface area contributed by atoms with Crippen molar-refractivity contribution in [1.82, 2.24) is 10.2 Å². The normalized spacial score (nSPS) is 35.8. The molecule has 4 atom stereocenters. The van der Waals surface area contributed by atoms with Gasteiger partial charge in [0.05, 0.1) is 6.10 Å². The van der Waals surface area contributed by atoms with Crippen LogP contribution in [0.3, 0.4) is 0 Å². The zero-order valence-corrected chi connectivity index (χ0v) is 10.5. The van der Waals surface area contributed by atoms with E-state index < -0.39 is 18.1 Å². The number of carbonyl (C=O) groups is 2. The molecular weight excluding hydrogens is 236 g/mol. The zero-order chi connectivity index (χ0) is 13.3. The van der Waals surface area contributed by atoms with Gasteiger partial charge in [-0.3, -0.25) is 0 Å². The number of nitrogens with one attached hydrogen (secondary N) is 1. The van der Waals surface area contributed by atoms with E-state index in [9.17, 15) is 14.7 Å². The number of urea groups is 1. The number of aliphatic hydroxyl groups is 1. The van der Waals surface area contributed by atoms with Crippen molar-refractivity contribution in [1.29, 1.82) is 0 Å². The van der Waals surface area contributed by atoms with E-state index in [4.69, 9.17) is 5.11 Å². The van der Waals surface area contributed by atoms with E-state index in [1.807, 2.05) is 0 Å². The summed E-state index contributed by atoms with van der Waals surface area (Å²) in [6.07, 6.45) is 2.51. The molecule has 0 aromatic rings. The number of amides is 2. The number of carboxylic acids is 1. The van der Waals surface area contributed by atoms with E-state index in [0.29, 0.717) is 5.92 Å². The van der Waals surface area contributed by atoms with Gasteiger partial charge in [0.25, 0.3) is 0 Å². The van der Waals surface area contributed by atoms with Gasteiger partial charge < -0.3 is 20.4 Å². The summed E-state index contributed by atoms with van der Waals surface area (Å²) >= 11 is 0. The Morgan fingerprint density at radius 1 is 1.33 bits per heavy atom. The van der Waals surface area contributed by atoms with E-state index in [1.54, 1.807) is 0 Å². The quantitative estimate of drug-likeness (QED) is 0.667. The fourth-order valence-corrected chi connectivity index (χ4v) is 2.87. The molecule has 0 spiro atoms. The number of carboxylic acid groups (broad SMARTS) is 1. The lowest BCUT2D eigenvalue weighted by atomic mass is 10.1. The van der Waals surface area contributed by atoms with E-state index in [2.05, 4.69) is 12.2 Å². The summed E-state index contributed by atoms with van der Waals surface area (Å²) < 4.78 is 0.